The normalized spacial score (nSPS) is 30.2. The molecule has 10 nitrogen and oxygen atoms in total. The van der Waals surface area contributed by atoms with Gasteiger partial charge in [0.25, 0.3) is 5.91 Å². The fourth-order valence-corrected chi connectivity index (χ4v) is 11.5. The Bertz CT molecular complexity index is 2050. The van der Waals surface area contributed by atoms with Crippen LogP contribution in [0.5, 0.6) is 11.5 Å². The summed E-state index contributed by atoms with van der Waals surface area (Å²) in [6.45, 7) is 9.38. The Morgan fingerprint density at radius 2 is 1.73 bits per heavy atom. The van der Waals surface area contributed by atoms with Gasteiger partial charge in [0.15, 0.2) is 0 Å². The van der Waals surface area contributed by atoms with Crippen LogP contribution in [0.1, 0.15) is 77.6 Å². The molecule has 3 amide bonds. The molecule has 5 heterocycles. The van der Waals surface area contributed by atoms with Crippen LogP contribution in [0.15, 0.2) is 66.7 Å². The van der Waals surface area contributed by atoms with E-state index in [-0.39, 0.29) is 30.2 Å². The van der Waals surface area contributed by atoms with Gasteiger partial charge in [-0.1, -0.05) is 30.4 Å². The molecule has 10 heteroatoms. The van der Waals surface area contributed by atoms with E-state index in [0.29, 0.717) is 42.7 Å². The Kier molecular flexibility index (Phi) is 8.65. The van der Waals surface area contributed by atoms with Crippen LogP contribution in [-0.2, 0) is 22.6 Å². The lowest BCUT2D eigenvalue weighted by atomic mass is 9.71. The summed E-state index contributed by atoms with van der Waals surface area (Å²) in [6, 6.07) is 18.9. The van der Waals surface area contributed by atoms with Gasteiger partial charge in [0.1, 0.15) is 24.1 Å². The number of anilines is 2. The highest BCUT2D eigenvalue weighted by Crippen LogP contribution is 2.47. The third kappa shape index (κ3) is 6.08. The van der Waals surface area contributed by atoms with Crippen molar-refractivity contribution in [3.8, 4) is 11.5 Å². The van der Waals surface area contributed by atoms with E-state index >= 15 is 0 Å². The molecule has 3 aromatic rings. The number of ether oxygens (including phenoxy) is 1. The molecule has 286 valence electrons. The zero-order chi connectivity index (χ0) is 37.4. The molecular weight excluding hydrogens is 691 g/mol. The Morgan fingerprint density at radius 3 is 2.51 bits per heavy atom. The standard InChI is InChI=1S/C45H51N5O5/c1-2-3-28-4-5-30-20-35(51)10-11-36(30)42(28)29-6-8-33(9-7-29)48-22-31-18-27(19-32(31)23-48)21-47-16-17-49-34(24-47)26-55-43-38-25-50(40-14-15-41(52)46-44(40)53)45(54)37(38)12-13-39(43)49/h2-3,6-13,20,27-28,31-32,34,40,42,51H,4-5,14-19,21-26H2,1H3,(H,46,52,53)/b3-2+/t27?,28-,31?,32?,34?,40?,42+/m0/s1. The van der Waals surface area contributed by atoms with Crippen LogP contribution in [0, 0.1) is 23.7 Å². The van der Waals surface area contributed by atoms with Gasteiger partial charge in [-0.05, 0) is 116 Å². The number of hydrogen-bond acceptors (Lipinski definition) is 8. The monoisotopic (exact) mass is 741 g/mol. The fourth-order valence-electron chi connectivity index (χ4n) is 11.5. The number of benzene rings is 3. The van der Waals surface area contributed by atoms with Gasteiger partial charge in [0, 0.05) is 68.4 Å². The summed E-state index contributed by atoms with van der Waals surface area (Å²) < 4.78 is 6.45. The molecule has 4 unspecified atom stereocenters. The highest BCUT2D eigenvalue weighted by Gasteiger charge is 2.45. The van der Waals surface area contributed by atoms with E-state index < -0.39 is 6.04 Å². The summed E-state index contributed by atoms with van der Waals surface area (Å²) in [5, 5.41) is 12.5. The quantitative estimate of drug-likeness (QED) is 0.254. The van der Waals surface area contributed by atoms with Crippen molar-refractivity contribution in [2.75, 3.05) is 55.7 Å². The average Bonchev–Trinajstić information content (AvgIpc) is 3.86. The molecule has 5 aliphatic heterocycles. The summed E-state index contributed by atoms with van der Waals surface area (Å²) >= 11 is 0. The predicted octanol–water partition coefficient (Wildman–Crippen LogP) is 5.47. The van der Waals surface area contributed by atoms with Gasteiger partial charge in [-0.2, -0.15) is 0 Å². The van der Waals surface area contributed by atoms with Gasteiger partial charge in [-0.3, -0.25) is 24.6 Å². The molecule has 2 aliphatic carbocycles. The number of rotatable bonds is 6. The van der Waals surface area contributed by atoms with Crippen LogP contribution in [0.25, 0.3) is 0 Å². The zero-order valence-corrected chi connectivity index (χ0v) is 31.7. The van der Waals surface area contributed by atoms with Crippen LogP contribution >= 0.6 is 0 Å². The molecule has 6 atom stereocenters. The number of nitrogens with zero attached hydrogens (tertiary/aromatic N) is 4. The third-order valence-corrected chi connectivity index (χ3v) is 14.0. The molecule has 3 aromatic carbocycles. The molecule has 0 bridgehead atoms. The van der Waals surface area contributed by atoms with Crippen LogP contribution in [-0.4, -0.2) is 90.6 Å². The Labute approximate surface area is 323 Å². The Morgan fingerprint density at radius 1 is 0.909 bits per heavy atom. The maximum atomic E-state index is 13.4. The van der Waals surface area contributed by atoms with Crippen molar-refractivity contribution in [1.82, 2.24) is 15.1 Å². The average molecular weight is 742 g/mol. The number of amides is 3. The number of piperidine rings is 1. The van der Waals surface area contributed by atoms with Crippen molar-refractivity contribution < 1.29 is 24.2 Å². The van der Waals surface area contributed by atoms with Gasteiger partial charge in [0.2, 0.25) is 11.8 Å². The van der Waals surface area contributed by atoms with E-state index in [9.17, 15) is 19.5 Å². The molecule has 0 aromatic heterocycles. The topological polar surface area (TPSA) is 106 Å². The maximum absolute atomic E-state index is 13.4. The lowest BCUT2D eigenvalue weighted by molar-refractivity contribution is -0.136. The van der Waals surface area contributed by atoms with E-state index in [0.717, 1.165) is 86.9 Å². The van der Waals surface area contributed by atoms with Crippen molar-refractivity contribution in [2.45, 2.75) is 70.0 Å². The summed E-state index contributed by atoms with van der Waals surface area (Å²) in [5.41, 5.74) is 7.85. The second-order valence-electron chi connectivity index (χ2n) is 17.2. The van der Waals surface area contributed by atoms with Crippen LogP contribution in [0.3, 0.4) is 0 Å². The minimum absolute atomic E-state index is 0.159. The number of phenols is 1. The molecule has 55 heavy (non-hydrogen) atoms. The molecule has 7 aliphatic rings. The van der Waals surface area contributed by atoms with Crippen molar-refractivity contribution >= 4 is 29.1 Å². The van der Waals surface area contributed by atoms with Crippen molar-refractivity contribution in [1.29, 1.82) is 0 Å². The van der Waals surface area contributed by atoms with E-state index in [1.807, 2.05) is 24.3 Å². The number of imide groups is 1. The first-order valence-corrected chi connectivity index (χ1v) is 20.5. The molecule has 4 fully saturated rings. The summed E-state index contributed by atoms with van der Waals surface area (Å²) in [6.07, 6.45) is 9.85. The Balaban J connectivity index is 0.745. The fraction of sp³-hybridized carbons (Fsp3) is 0.489. The van der Waals surface area contributed by atoms with Crippen molar-refractivity contribution in [3.63, 3.8) is 0 Å². The first-order chi connectivity index (χ1) is 26.8. The van der Waals surface area contributed by atoms with Gasteiger partial charge < -0.3 is 24.5 Å². The molecule has 1 saturated carbocycles. The molecule has 10 rings (SSSR count). The Hall–Kier alpha value is -4.83. The minimum atomic E-state index is -0.627. The van der Waals surface area contributed by atoms with E-state index in [1.165, 1.54) is 35.2 Å². The van der Waals surface area contributed by atoms with Crippen LogP contribution < -0.4 is 19.9 Å². The highest BCUT2D eigenvalue weighted by molar-refractivity contribution is 6.06. The number of piperazine rings is 1. The summed E-state index contributed by atoms with van der Waals surface area (Å²) in [5.74, 6) is 3.32. The number of phenolic OH excluding ortho intramolecular Hbond substituents is 1. The van der Waals surface area contributed by atoms with Crippen LogP contribution in [0.4, 0.5) is 11.4 Å². The van der Waals surface area contributed by atoms with Gasteiger partial charge in [-0.25, -0.2) is 0 Å². The van der Waals surface area contributed by atoms with E-state index in [4.69, 9.17) is 4.74 Å². The molecule has 0 radical (unpaired) electrons. The van der Waals surface area contributed by atoms with Crippen LogP contribution in [0.2, 0.25) is 0 Å². The highest BCUT2D eigenvalue weighted by atomic mass is 16.5. The van der Waals surface area contributed by atoms with Gasteiger partial charge in [0.05, 0.1) is 18.3 Å². The summed E-state index contributed by atoms with van der Waals surface area (Å²) in [7, 11) is 0. The SMILES string of the molecule is C/C=C/[C@H]1CCc2cc(O)ccc2[C@H]1c1ccc(N2CC3CC(CN4CCN5c6ccc7c(c6OCC5C4)CN(C4CCC(=O)NC4=O)C7=O)CC3C2)cc1. The largest absolute Gasteiger partial charge is 0.508 e. The summed E-state index contributed by atoms with van der Waals surface area (Å²) in [4.78, 5) is 47.0. The molecule has 0 spiro atoms. The first-order valence-electron chi connectivity index (χ1n) is 20.5. The smallest absolute Gasteiger partial charge is 0.255 e. The number of carbonyl (C=O) groups excluding carboxylic acids is 3. The van der Waals surface area contributed by atoms with E-state index in [1.54, 1.807) is 4.90 Å². The minimum Gasteiger partial charge on any atom is -0.508 e. The van der Waals surface area contributed by atoms with Gasteiger partial charge in [-0.15, -0.1) is 0 Å². The first kappa shape index (κ1) is 34.6. The predicted molar refractivity (Wildman–Crippen MR) is 210 cm³/mol. The lowest BCUT2D eigenvalue weighted by Crippen LogP contribution is -2.57. The van der Waals surface area contributed by atoms with Gasteiger partial charge >= 0.3 is 0 Å². The van der Waals surface area contributed by atoms with E-state index in [2.05, 4.69) is 69.4 Å². The number of aryl methyl sites for hydroxylation is 1. The number of carbonyl (C=O) groups is 3. The molecule has 3 saturated heterocycles. The van der Waals surface area contributed by atoms with Crippen molar-refractivity contribution in [3.05, 3.63) is 94.6 Å². The number of allylic oxidation sites excluding steroid dienone is 2. The lowest BCUT2D eigenvalue weighted by Gasteiger charge is -2.46. The molecular formula is C45H51N5O5. The second kappa shape index (κ2) is 13.7. The molecule has 2 N–H and O–H groups in total. The number of fused-ring (bicyclic) bond motifs is 7. The second-order valence-corrected chi connectivity index (χ2v) is 17.2. The number of aromatic hydroxyl groups is 1. The number of nitrogens with one attached hydrogen (secondary N) is 1. The third-order valence-electron chi connectivity index (χ3n) is 14.0. The number of hydrogen-bond donors (Lipinski definition) is 2. The van der Waals surface area contributed by atoms with Crippen molar-refractivity contribution in [2.24, 2.45) is 23.7 Å². The maximum Gasteiger partial charge on any atom is 0.255 e. The zero-order valence-electron chi connectivity index (χ0n) is 31.7.